The fraction of sp³-hybridized carbons (Fsp3) is 0.200. The number of rotatable bonds is 7. The molecule has 0 fully saturated rings. The third-order valence-electron chi connectivity index (χ3n) is 4.93. The van der Waals surface area contributed by atoms with Crippen LogP contribution in [0.2, 0.25) is 0 Å². The number of amides is 1. The van der Waals surface area contributed by atoms with Gasteiger partial charge in [-0.15, -0.1) is 0 Å². The molecule has 0 saturated heterocycles. The standard InChI is InChI=1S/C25H25N3O3S/c1-18-14-19(2)16-24(15-18)28(32(3,30)31)17-21-4-8-22(9-5-21)25(29)27-23-10-6-20(7-11-23)12-13-26/h4-11,14-16H,12,17H2,1-3H3,(H,27,29). The highest BCUT2D eigenvalue weighted by Gasteiger charge is 2.19. The molecule has 0 aliphatic carbocycles. The van der Waals surface area contributed by atoms with Crippen LogP contribution in [0.15, 0.2) is 66.7 Å². The number of nitrogens with zero attached hydrogens (tertiary/aromatic N) is 2. The molecule has 0 aliphatic heterocycles. The molecule has 3 aromatic carbocycles. The van der Waals surface area contributed by atoms with Gasteiger partial charge in [0.05, 0.1) is 31.0 Å². The van der Waals surface area contributed by atoms with Crippen LogP contribution in [-0.4, -0.2) is 20.6 Å². The Morgan fingerprint density at radius 1 is 0.938 bits per heavy atom. The number of aryl methyl sites for hydroxylation is 2. The molecule has 1 N–H and O–H groups in total. The van der Waals surface area contributed by atoms with Gasteiger partial charge in [-0.2, -0.15) is 5.26 Å². The van der Waals surface area contributed by atoms with Crippen LogP contribution in [0.3, 0.4) is 0 Å². The van der Waals surface area contributed by atoms with E-state index in [2.05, 4.69) is 11.4 Å². The second-order valence-electron chi connectivity index (χ2n) is 7.80. The van der Waals surface area contributed by atoms with E-state index in [1.54, 1.807) is 48.5 Å². The maximum absolute atomic E-state index is 12.5. The minimum Gasteiger partial charge on any atom is -0.322 e. The van der Waals surface area contributed by atoms with E-state index < -0.39 is 10.0 Å². The molecular formula is C25H25N3O3S. The lowest BCUT2D eigenvalue weighted by atomic mass is 10.1. The first-order chi connectivity index (χ1) is 15.2. The third-order valence-corrected chi connectivity index (χ3v) is 6.07. The SMILES string of the molecule is Cc1cc(C)cc(N(Cc2ccc(C(=O)Nc3ccc(CC#N)cc3)cc2)S(C)(=O)=O)c1. The van der Waals surface area contributed by atoms with Gasteiger partial charge in [-0.05, 0) is 72.5 Å². The number of carbonyl (C=O) groups excluding carboxylic acids is 1. The summed E-state index contributed by atoms with van der Waals surface area (Å²) >= 11 is 0. The van der Waals surface area contributed by atoms with Gasteiger partial charge >= 0.3 is 0 Å². The van der Waals surface area contributed by atoms with Crippen molar-refractivity contribution in [2.45, 2.75) is 26.8 Å². The van der Waals surface area contributed by atoms with Crippen LogP contribution >= 0.6 is 0 Å². The van der Waals surface area contributed by atoms with Gasteiger partial charge in [0.1, 0.15) is 0 Å². The van der Waals surface area contributed by atoms with Crippen molar-refractivity contribution >= 4 is 27.3 Å². The number of nitrogens with one attached hydrogen (secondary N) is 1. The Balaban J connectivity index is 1.74. The van der Waals surface area contributed by atoms with Crippen LogP contribution in [0.4, 0.5) is 11.4 Å². The van der Waals surface area contributed by atoms with E-state index in [-0.39, 0.29) is 12.5 Å². The van der Waals surface area contributed by atoms with E-state index in [0.717, 1.165) is 22.3 Å². The summed E-state index contributed by atoms with van der Waals surface area (Å²) in [4.78, 5) is 12.5. The van der Waals surface area contributed by atoms with E-state index in [4.69, 9.17) is 5.26 Å². The summed E-state index contributed by atoms with van der Waals surface area (Å²) in [6.07, 6.45) is 1.51. The topological polar surface area (TPSA) is 90.3 Å². The van der Waals surface area contributed by atoms with Gasteiger partial charge in [0.2, 0.25) is 10.0 Å². The van der Waals surface area contributed by atoms with Crippen molar-refractivity contribution in [2.75, 3.05) is 15.9 Å². The lowest BCUT2D eigenvalue weighted by Gasteiger charge is -2.23. The summed E-state index contributed by atoms with van der Waals surface area (Å²) in [5, 5.41) is 11.6. The fourth-order valence-electron chi connectivity index (χ4n) is 3.42. The maximum atomic E-state index is 12.5. The first-order valence-electron chi connectivity index (χ1n) is 10.1. The number of hydrogen-bond acceptors (Lipinski definition) is 4. The Morgan fingerprint density at radius 3 is 2.03 bits per heavy atom. The molecule has 3 aromatic rings. The zero-order valence-electron chi connectivity index (χ0n) is 18.3. The van der Waals surface area contributed by atoms with Gasteiger partial charge in [-0.25, -0.2) is 8.42 Å². The minimum absolute atomic E-state index is 0.171. The summed E-state index contributed by atoms with van der Waals surface area (Å²) in [7, 11) is -3.49. The summed E-state index contributed by atoms with van der Waals surface area (Å²) in [5.74, 6) is -0.265. The molecule has 7 heteroatoms. The molecule has 32 heavy (non-hydrogen) atoms. The van der Waals surface area contributed by atoms with Crippen LogP contribution < -0.4 is 9.62 Å². The Kier molecular flexibility index (Phi) is 6.96. The molecule has 0 aromatic heterocycles. The lowest BCUT2D eigenvalue weighted by Crippen LogP contribution is -2.29. The maximum Gasteiger partial charge on any atom is 0.255 e. The van der Waals surface area contributed by atoms with E-state index in [1.165, 1.54) is 10.6 Å². The number of nitriles is 1. The van der Waals surface area contributed by atoms with Crippen LogP contribution in [0.1, 0.15) is 32.6 Å². The highest BCUT2D eigenvalue weighted by molar-refractivity contribution is 7.92. The Bertz CT molecular complexity index is 1240. The second kappa shape index (κ2) is 9.67. The van der Waals surface area contributed by atoms with E-state index in [1.807, 2.05) is 32.0 Å². The highest BCUT2D eigenvalue weighted by atomic mass is 32.2. The molecule has 164 valence electrons. The second-order valence-corrected chi connectivity index (χ2v) is 9.71. The summed E-state index contributed by atoms with van der Waals surface area (Å²) in [6, 6.07) is 21.7. The molecular weight excluding hydrogens is 422 g/mol. The first-order valence-corrected chi connectivity index (χ1v) is 11.9. The summed E-state index contributed by atoms with van der Waals surface area (Å²) < 4.78 is 26.3. The Morgan fingerprint density at radius 2 is 1.50 bits per heavy atom. The molecule has 0 unspecified atom stereocenters. The number of hydrogen-bond donors (Lipinski definition) is 1. The fourth-order valence-corrected chi connectivity index (χ4v) is 4.29. The van der Waals surface area contributed by atoms with Crippen LogP contribution in [0, 0.1) is 25.2 Å². The van der Waals surface area contributed by atoms with E-state index in [9.17, 15) is 13.2 Å². The largest absolute Gasteiger partial charge is 0.322 e. The number of benzene rings is 3. The van der Waals surface area contributed by atoms with Gasteiger partial charge in [-0.1, -0.05) is 30.3 Å². The third kappa shape index (κ3) is 5.96. The Hall–Kier alpha value is -3.63. The molecule has 0 atom stereocenters. The molecule has 1 amide bonds. The zero-order valence-corrected chi connectivity index (χ0v) is 19.1. The van der Waals surface area contributed by atoms with Gasteiger partial charge < -0.3 is 5.32 Å². The van der Waals surface area contributed by atoms with Gasteiger partial charge in [-0.3, -0.25) is 9.10 Å². The van der Waals surface area contributed by atoms with Crippen molar-refractivity contribution in [2.24, 2.45) is 0 Å². The molecule has 3 rings (SSSR count). The number of anilines is 2. The summed E-state index contributed by atoms with van der Waals surface area (Å²) in [5.41, 5.74) is 5.35. The molecule has 0 saturated carbocycles. The van der Waals surface area contributed by atoms with Crippen LogP contribution in [0.25, 0.3) is 0 Å². The minimum atomic E-state index is -3.49. The normalized spacial score (nSPS) is 10.9. The van der Waals surface area contributed by atoms with Gasteiger partial charge in [0.25, 0.3) is 5.91 Å². The van der Waals surface area contributed by atoms with E-state index in [0.29, 0.717) is 23.4 Å². The van der Waals surface area contributed by atoms with Gasteiger partial charge in [0.15, 0.2) is 0 Å². The average molecular weight is 448 g/mol. The lowest BCUT2D eigenvalue weighted by molar-refractivity contribution is 0.102. The quantitative estimate of drug-likeness (QED) is 0.574. The average Bonchev–Trinajstić information content (AvgIpc) is 2.72. The van der Waals surface area contributed by atoms with Crippen molar-refractivity contribution in [1.82, 2.24) is 0 Å². The van der Waals surface area contributed by atoms with Crippen molar-refractivity contribution < 1.29 is 13.2 Å². The molecule has 6 nitrogen and oxygen atoms in total. The zero-order chi connectivity index (χ0) is 23.3. The number of carbonyl (C=O) groups is 1. The first kappa shape index (κ1) is 23.0. The van der Waals surface area contributed by atoms with Crippen molar-refractivity contribution in [3.8, 4) is 6.07 Å². The molecule has 0 heterocycles. The van der Waals surface area contributed by atoms with Crippen molar-refractivity contribution in [3.63, 3.8) is 0 Å². The molecule has 0 radical (unpaired) electrons. The molecule has 0 aliphatic rings. The molecule has 0 bridgehead atoms. The van der Waals surface area contributed by atoms with E-state index >= 15 is 0 Å². The van der Waals surface area contributed by atoms with Crippen LogP contribution in [-0.2, 0) is 23.0 Å². The predicted octanol–water partition coefficient (Wildman–Crippen LogP) is 4.59. The smallest absolute Gasteiger partial charge is 0.255 e. The van der Waals surface area contributed by atoms with Crippen molar-refractivity contribution in [3.05, 3.63) is 94.5 Å². The highest BCUT2D eigenvalue weighted by Crippen LogP contribution is 2.24. The summed E-state index contributed by atoms with van der Waals surface area (Å²) in [6.45, 7) is 4.03. The predicted molar refractivity (Wildman–Crippen MR) is 127 cm³/mol. The van der Waals surface area contributed by atoms with Gasteiger partial charge in [0, 0.05) is 11.3 Å². The number of sulfonamides is 1. The Labute approximate surface area is 189 Å². The molecule has 0 spiro atoms. The van der Waals surface area contributed by atoms with Crippen molar-refractivity contribution in [1.29, 1.82) is 5.26 Å². The van der Waals surface area contributed by atoms with Crippen LogP contribution in [0.5, 0.6) is 0 Å². The monoisotopic (exact) mass is 447 g/mol.